The molecular formula is C11H21NO3. The molecule has 1 atom stereocenters. The van der Waals surface area contributed by atoms with Gasteiger partial charge in [0.05, 0.1) is 12.7 Å². The molecule has 0 aromatic carbocycles. The van der Waals surface area contributed by atoms with Crippen LogP contribution in [0.1, 0.15) is 39.0 Å². The molecule has 0 spiro atoms. The Morgan fingerprint density at radius 3 is 2.47 bits per heavy atom. The standard InChI is InChI=1S/C11H21NO3/c1-3-15-11(7-5-4-6-8-11)9(12)10(13)14-2/h9H,3-8,12H2,1-2H3. The monoisotopic (exact) mass is 215 g/mol. The maximum absolute atomic E-state index is 11.5. The van der Waals surface area contributed by atoms with Crippen molar-refractivity contribution in [2.75, 3.05) is 13.7 Å². The van der Waals surface area contributed by atoms with Crippen molar-refractivity contribution in [3.8, 4) is 0 Å². The topological polar surface area (TPSA) is 61.5 Å². The number of carbonyl (C=O) groups is 1. The van der Waals surface area contributed by atoms with Gasteiger partial charge in [0.25, 0.3) is 0 Å². The van der Waals surface area contributed by atoms with Crippen LogP contribution in [0.25, 0.3) is 0 Å². The van der Waals surface area contributed by atoms with Gasteiger partial charge in [0.1, 0.15) is 6.04 Å². The molecule has 1 aliphatic rings. The Labute approximate surface area is 91.1 Å². The summed E-state index contributed by atoms with van der Waals surface area (Å²) in [4.78, 5) is 11.5. The van der Waals surface area contributed by atoms with Gasteiger partial charge in [0.15, 0.2) is 0 Å². The predicted octanol–water partition coefficient (Wildman–Crippen LogP) is 1.23. The molecule has 2 N–H and O–H groups in total. The summed E-state index contributed by atoms with van der Waals surface area (Å²) >= 11 is 0. The molecule has 0 bridgehead atoms. The molecule has 1 saturated carbocycles. The third kappa shape index (κ3) is 2.69. The zero-order valence-electron chi connectivity index (χ0n) is 9.62. The molecule has 4 nitrogen and oxygen atoms in total. The number of hydrogen-bond donors (Lipinski definition) is 1. The number of esters is 1. The fourth-order valence-corrected chi connectivity index (χ4v) is 2.32. The first kappa shape index (κ1) is 12.5. The largest absolute Gasteiger partial charge is 0.468 e. The maximum atomic E-state index is 11.5. The van der Waals surface area contributed by atoms with Crippen molar-refractivity contribution in [3.63, 3.8) is 0 Å². The van der Waals surface area contributed by atoms with Crippen LogP contribution in [-0.2, 0) is 14.3 Å². The molecule has 1 fully saturated rings. The summed E-state index contributed by atoms with van der Waals surface area (Å²) in [6, 6.07) is -0.650. The summed E-state index contributed by atoms with van der Waals surface area (Å²) in [6.45, 7) is 2.52. The quantitative estimate of drug-likeness (QED) is 0.716. The van der Waals surface area contributed by atoms with E-state index in [4.69, 9.17) is 15.2 Å². The molecule has 15 heavy (non-hydrogen) atoms. The average molecular weight is 215 g/mol. The number of nitrogens with two attached hydrogens (primary N) is 1. The second kappa shape index (κ2) is 5.47. The molecule has 1 unspecified atom stereocenters. The van der Waals surface area contributed by atoms with Crippen LogP contribution in [0.3, 0.4) is 0 Å². The van der Waals surface area contributed by atoms with Crippen LogP contribution >= 0.6 is 0 Å². The first-order valence-electron chi connectivity index (χ1n) is 5.63. The highest BCUT2D eigenvalue weighted by molar-refractivity contribution is 5.77. The zero-order valence-corrected chi connectivity index (χ0v) is 9.62. The Kier molecular flexibility index (Phi) is 4.54. The van der Waals surface area contributed by atoms with Gasteiger partial charge in [-0.15, -0.1) is 0 Å². The summed E-state index contributed by atoms with van der Waals surface area (Å²) in [7, 11) is 1.37. The lowest BCUT2D eigenvalue weighted by Gasteiger charge is -2.40. The summed E-state index contributed by atoms with van der Waals surface area (Å²) in [5, 5.41) is 0. The molecule has 1 rings (SSSR count). The van der Waals surface area contributed by atoms with E-state index in [1.807, 2.05) is 6.92 Å². The highest BCUT2D eigenvalue weighted by Crippen LogP contribution is 2.34. The number of ether oxygens (including phenoxy) is 2. The molecule has 4 heteroatoms. The molecule has 0 aromatic heterocycles. The predicted molar refractivity (Wildman–Crippen MR) is 57.4 cm³/mol. The van der Waals surface area contributed by atoms with Crippen molar-refractivity contribution in [1.29, 1.82) is 0 Å². The second-order valence-corrected chi connectivity index (χ2v) is 4.06. The van der Waals surface area contributed by atoms with Crippen molar-refractivity contribution < 1.29 is 14.3 Å². The van der Waals surface area contributed by atoms with Gasteiger partial charge in [0.2, 0.25) is 0 Å². The smallest absolute Gasteiger partial charge is 0.325 e. The van der Waals surface area contributed by atoms with Crippen molar-refractivity contribution >= 4 is 5.97 Å². The van der Waals surface area contributed by atoms with E-state index in [2.05, 4.69) is 0 Å². The molecule has 88 valence electrons. The maximum Gasteiger partial charge on any atom is 0.325 e. The van der Waals surface area contributed by atoms with E-state index in [1.54, 1.807) is 0 Å². The molecule has 0 radical (unpaired) electrons. The number of rotatable bonds is 4. The summed E-state index contributed by atoms with van der Waals surface area (Å²) in [5.41, 5.74) is 5.44. The Hall–Kier alpha value is -0.610. The Bertz CT molecular complexity index is 206. The van der Waals surface area contributed by atoms with Gasteiger partial charge in [-0.3, -0.25) is 4.79 Å². The van der Waals surface area contributed by atoms with Gasteiger partial charge in [-0.2, -0.15) is 0 Å². The van der Waals surface area contributed by atoms with Gasteiger partial charge in [0, 0.05) is 6.61 Å². The van der Waals surface area contributed by atoms with Crippen molar-refractivity contribution in [2.45, 2.75) is 50.7 Å². The van der Waals surface area contributed by atoms with Crippen LogP contribution in [0, 0.1) is 0 Å². The Morgan fingerprint density at radius 2 is 2.00 bits per heavy atom. The third-order valence-electron chi connectivity index (χ3n) is 3.15. The van der Waals surface area contributed by atoms with Gasteiger partial charge >= 0.3 is 5.97 Å². The molecular weight excluding hydrogens is 194 g/mol. The number of hydrogen-bond acceptors (Lipinski definition) is 4. The third-order valence-corrected chi connectivity index (χ3v) is 3.15. The van der Waals surface area contributed by atoms with E-state index in [1.165, 1.54) is 13.5 Å². The lowest BCUT2D eigenvalue weighted by Crippen LogP contribution is -2.56. The minimum atomic E-state index is -0.650. The lowest BCUT2D eigenvalue weighted by molar-refractivity contribution is -0.155. The summed E-state index contributed by atoms with van der Waals surface area (Å²) in [6.07, 6.45) is 5.06. The van der Waals surface area contributed by atoms with Gasteiger partial charge in [-0.25, -0.2) is 0 Å². The molecule has 0 saturated heterocycles. The van der Waals surface area contributed by atoms with Crippen LogP contribution in [0.4, 0.5) is 0 Å². The molecule has 0 aliphatic heterocycles. The van der Waals surface area contributed by atoms with Gasteiger partial charge < -0.3 is 15.2 Å². The Balaban J connectivity index is 2.74. The highest BCUT2D eigenvalue weighted by Gasteiger charge is 2.43. The van der Waals surface area contributed by atoms with E-state index in [0.717, 1.165) is 25.7 Å². The first-order valence-corrected chi connectivity index (χ1v) is 5.63. The number of methoxy groups -OCH3 is 1. The molecule has 0 aromatic rings. The van der Waals surface area contributed by atoms with Crippen molar-refractivity contribution in [3.05, 3.63) is 0 Å². The first-order chi connectivity index (χ1) is 7.16. The second-order valence-electron chi connectivity index (χ2n) is 4.06. The van der Waals surface area contributed by atoms with Gasteiger partial charge in [-0.05, 0) is 19.8 Å². The SMILES string of the molecule is CCOC1(C(N)C(=O)OC)CCCCC1. The fourth-order valence-electron chi connectivity index (χ4n) is 2.32. The van der Waals surface area contributed by atoms with E-state index in [-0.39, 0.29) is 5.97 Å². The van der Waals surface area contributed by atoms with Gasteiger partial charge in [-0.1, -0.05) is 19.3 Å². The summed E-state index contributed by atoms with van der Waals surface area (Å²) in [5.74, 6) is -0.370. The minimum absolute atomic E-state index is 0.370. The molecule has 0 amide bonds. The summed E-state index contributed by atoms with van der Waals surface area (Å²) < 4.78 is 10.4. The van der Waals surface area contributed by atoms with Crippen molar-refractivity contribution in [2.24, 2.45) is 5.73 Å². The van der Waals surface area contributed by atoms with E-state index >= 15 is 0 Å². The van der Waals surface area contributed by atoms with Crippen LogP contribution in [-0.4, -0.2) is 31.3 Å². The van der Waals surface area contributed by atoms with Crippen LogP contribution in [0.15, 0.2) is 0 Å². The number of carbonyl (C=O) groups excluding carboxylic acids is 1. The average Bonchev–Trinajstić information content (AvgIpc) is 2.28. The molecule has 1 aliphatic carbocycles. The molecule has 0 heterocycles. The normalized spacial score (nSPS) is 22.1. The minimum Gasteiger partial charge on any atom is -0.468 e. The van der Waals surface area contributed by atoms with E-state index in [9.17, 15) is 4.79 Å². The van der Waals surface area contributed by atoms with E-state index < -0.39 is 11.6 Å². The Morgan fingerprint density at radius 1 is 1.40 bits per heavy atom. The van der Waals surface area contributed by atoms with Crippen LogP contribution < -0.4 is 5.73 Å². The van der Waals surface area contributed by atoms with E-state index in [0.29, 0.717) is 6.61 Å². The zero-order chi connectivity index (χ0) is 11.3. The highest BCUT2D eigenvalue weighted by atomic mass is 16.5. The lowest BCUT2D eigenvalue weighted by atomic mass is 9.79. The fraction of sp³-hybridized carbons (Fsp3) is 0.909. The van der Waals surface area contributed by atoms with Crippen LogP contribution in [0.5, 0.6) is 0 Å². The van der Waals surface area contributed by atoms with Crippen LogP contribution in [0.2, 0.25) is 0 Å². The van der Waals surface area contributed by atoms with Crippen molar-refractivity contribution in [1.82, 2.24) is 0 Å².